The lowest BCUT2D eigenvalue weighted by atomic mass is 9.90. The molecule has 0 saturated carbocycles. The Kier molecular flexibility index (Phi) is 5.51. The lowest BCUT2D eigenvalue weighted by Gasteiger charge is -2.51. The van der Waals surface area contributed by atoms with Crippen LogP contribution in [0.25, 0.3) is 10.8 Å². The van der Waals surface area contributed by atoms with Crippen molar-refractivity contribution in [3.8, 4) is 5.75 Å². The van der Waals surface area contributed by atoms with Crippen LogP contribution in [0.4, 0.5) is 0 Å². The first-order valence-corrected chi connectivity index (χ1v) is 13.4. The Bertz CT molecular complexity index is 1250. The summed E-state index contributed by atoms with van der Waals surface area (Å²) >= 11 is 7.47. The lowest BCUT2D eigenvalue weighted by molar-refractivity contribution is -0.150. The number of piperidine rings is 1. The fourth-order valence-corrected chi connectivity index (χ4v) is 6.96. The van der Waals surface area contributed by atoms with Crippen molar-refractivity contribution in [2.45, 2.75) is 44.4 Å². The van der Waals surface area contributed by atoms with Gasteiger partial charge >= 0.3 is 0 Å². The third kappa shape index (κ3) is 3.71. The Balaban J connectivity index is 1.42. The van der Waals surface area contributed by atoms with E-state index >= 15 is 0 Å². The van der Waals surface area contributed by atoms with Gasteiger partial charge in [-0.2, -0.15) is 5.10 Å². The molecule has 33 heavy (non-hydrogen) atoms. The fourth-order valence-electron chi connectivity index (χ4n) is 5.62. The van der Waals surface area contributed by atoms with E-state index in [1.54, 1.807) is 0 Å². The Hall–Kier alpha value is -1.89. The highest BCUT2D eigenvalue weighted by molar-refractivity contribution is 9.11. The monoisotopic (exact) mass is 567 g/mol. The standard InChI is InChI=1S/C27H27Br2N3O/c1-2-11-31-12-9-27(10-13-31)32-25(22-15-21(28)16-23(29)26(22)33-27)17-24(30-32)20-8-7-18-5-3-4-6-19(18)14-20/h3-8,14-16,25H,2,9-13,17H2,1H3/t25-/m0/s1. The molecule has 0 bridgehead atoms. The van der Waals surface area contributed by atoms with Crippen LogP contribution >= 0.6 is 31.9 Å². The molecule has 0 N–H and O–H groups in total. The minimum Gasteiger partial charge on any atom is -0.465 e. The first-order chi connectivity index (χ1) is 16.1. The van der Waals surface area contributed by atoms with Crippen LogP contribution in [0.1, 0.15) is 49.8 Å². The number of fused-ring (bicyclic) bond motifs is 5. The maximum Gasteiger partial charge on any atom is 0.200 e. The zero-order chi connectivity index (χ0) is 22.6. The van der Waals surface area contributed by atoms with Gasteiger partial charge in [0.25, 0.3) is 0 Å². The molecule has 3 heterocycles. The van der Waals surface area contributed by atoms with Gasteiger partial charge in [-0.15, -0.1) is 0 Å². The summed E-state index contributed by atoms with van der Waals surface area (Å²) in [6, 6.07) is 19.7. The van der Waals surface area contributed by atoms with E-state index in [2.05, 4.69) is 103 Å². The van der Waals surface area contributed by atoms with Crippen molar-refractivity contribution < 1.29 is 4.74 Å². The highest BCUT2D eigenvalue weighted by Crippen LogP contribution is 2.52. The summed E-state index contributed by atoms with van der Waals surface area (Å²) in [6.45, 7) is 5.49. The average Bonchev–Trinajstić information content (AvgIpc) is 3.28. The van der Waals surface area contributed by atoms with Gasteiger partial charge < -0.3 is 9.64 Å². The van der Waals surface area contributed by atoms with Crippen molar-refractivity contribution in [3.05, 3.63) is 74.7 Å². The molecule has 3 aromatic rings. The second-order valence-electron chi connectivity index (χ2n) is 9.37. The quantitative estimate of drug-likeness (QED) is 0.337. The molecule has 6 heteroatoms. The molecule has 1 fully saturated rings. The minimum atomic E-state index is -0.392. The second kappa shape index (κ2) is 8.40. The normalized spacial score (nSPS) is 21.6. The SMILES string of the molecule is CCCN1CCC2(CC1)Oc1c(Br)cc(Br)cc1[C@@H]1CC(c3ccc4ccccc4c3)=NN12. The second-order valence-corrected chi connectivity index (χ2v) is 11.1. The molecule has 0 aliphatic carbocycles. The summed E-state index contributed by atoms with van der Waals surface area (Å²) in [4.78, 5) is 2.56. The van der Waals surface area contributed by atoms with Crippen LogP contribution in [-0.2, 0) is 0 Å². The number of ether oxygens (including phenoxy) is 1. The number of nitrogens with zero attached hydrogens (tertiary/aromatic N) is 3. The van der Waals surface area contributed by atoms with Gasteiger partial charge in [0.1, 0.15) is 5.75 Å². The predicted octanol–water partition coefficient (Wildman–Crippen LogP) is 7.11. The van der Waals surface area contributed by atoms with Crippen LogP contribution in [-0.4, -0.2) is 41.0 Å². The molecular weight excluding hydrogens is 542 g/mol. The summed E-state index contributed by atoms with van der Waals surface area (Å²) in [5, 5.41) is 10.1. The molecular formula is C27H27Br2N3O. The van der Waals surface area contributed by atoms with Crippen LogP contribution < -0.4 is 4.74 Å². The molecule has 0 aromatic heterocycles. The number of halogens is 2. The van der Waals surface area contributed by atoms with Crippen molar-refractivity contribution in [3.63, 3.8) is 0 Å². The van der Waals surface area contributed by atoms with Gasteiger partial charge in [0.15, 0.2) is 0 Å². The summed E-state index contributed by atoms with van der Waals surface area (Å²) < 4.78 is 8.94. The number of hydrazone groups is 1. The van der Waals surface area contributed by atoms with Crippen molar-refractivity contribution in [2.24, 2.45) is 5.10 Å². The van der Waals surface area contributed by atoms with E-state index in [-0.39, 0.29) is 6.04 Å². The molecule has 1 saturated heterocycles. The van der Waals surface area contributed by atoms with Gasteiger partial charge in [0.2, 0.25) is 5.72 Å². The molecule has 3 aromatic carbocycles. The first kappa shape index (κ1) is 21.6. The van der Waals surface area contributed by atoms with Gasteiger partial charge in [-0.3, -0.25) is 0 Å². The fraction of sp³-hybridized carbons (Fsp3) is 0.370. The van der Waals surface area contributed by atoms with Gasteiger partial charge in [-0.1, -0.05) is 59.3 Å². The van der Waals surface area contributed by atoms with Crippen LogP contribution in [0.3, 0.4) is 0 Å². The van der Waals surface area contributed by atoms with E-state index < -0.39 is 5.72 Å². The van der Waals surface area contributed by atoms with Crippen molar-refractivity contribution in [2.75, 3.05) is 19.6 Å². The summed E-state index contributed by atoms with van der Waals surface area (Å²) in [6.07, 6.45) is 3.99. The minimum absolute atomic E-state index is 0.182. The molecule has 1 atom stereocenters. The van der Waals surface area contributed by atoms with Crippen LogP contribution in [0.15, 0.2) is 68.6 Å². The van der Waals surface area contributed by atoms with Crippen molar-refractivity contribution >= 4 is 48.3 Å². The van der Waals surface area contributed by atoms with E-state index in [1.807, 2.05) is 0 Å². The number of hydrogen-bond acceptors (Lipinski definition) is 4. The molecule has 6 rings (SSSR count). The number of likely N-dealkylation sites (tertiary alicyclic amines) is 1. The third-order valence-electron chi connectivity index (χ3n) is 7.28. The van der Waals surface area contributed by atoms with Crippen LogP contribution in [0, 0.1) is 0 Å². The van der Waals surface area contributed by atoms with E-state index in [0.717, 1.165) is 59.3 Å². The van der Waals surface area contributed by atoms with Gasteiger partial charge in [-0.05, 0) is 63.4 Å². The molecule has 3 aliphatic heterocycles. The molecule has 1 spiro atoms. The number of benzene rings is 3. The maximum absolute atomic E-state index is 6.87. The molecule has 0 unspecified atom stereocenters. The number of rotatable bonds is 3. The van der Waals surface area contributed by atoms with E-state index in [4.69, 9.17) is 9.84 Å². The molecule has 0 radical (unpaired) electrons. The summed E-state index contributed by atoms with van der Waals surface area (Å²) in [5.74, 6) is 0.985. The highest BCUT2D eigenvalue weighted by Gasteiger charge is 2.52. The Morgan fingerprint density at radius 3 is 2.61 bits per heavy atom. The van der Waals surface area contributed by atoms with Crippen molar-refractivity contribution in [1.29, 1.82) is 0 Å². The first-order valence-electron chi connectivity index (χ1n) is 11.8. The van der Waals surface area contributed by atoms with Gasteiger partial charge in [0.05, 0.1) is 16.2 Å². The Morgan fingerprint density at radius 2 is 1.82 bits per heavy atom. The summed E-state index contributed by atoms with van der Waals surface area (Å²) in [5.41, 5.74) is 3.17. The Morgan fingerprint density at radius 1 is 1.03 bits per heavy atom. The smallest absolute Gasteiger partial charge is 0.200 e. The van der Waals surface area contributed by atoms with E-state index in [1.165, 1.54) is 28.3 Å². The third-order valence-corrected chi connectivity index (χ3v) is 8.32. The Labute approximate surface area is 211 Å². The van der Waals surface area contributed by atoms with Crippen LogP contribution in [0.2, 0.25) is 0 Å². The van der Waals surface area contributed by atoms with E-state index in [9.17, 15) is 0 Å². The highest BCUT2D eigenvalue weighted by atomic mass is 79.9. The zero-order valence-corrected chi connectivity index (χ0v) is 21.9. The predicted molar refractivity (Wildman–Crippen MR) is 141 cm³/mol. The van der Waals surface area contributed by atoms with Crippen LogP contribution in [0.5, 0.6) is 5.75 Å². The summed E-state index contributed by atoms with van der Waals surface area (Å²) in [7, 11) is 0. The van der Waals surface area contributed by atoms with Gasteiger partial charge in [-0.25, -0.2) is 5.01 Å². The molecule has 3 aliphatic rings. The lowest BCUT2D eigenvalue weighted by Crippen LogP contribution is -2.59. The van der Waals surface area contributed by atoms with Crippen molar-refractivity contribution in [1.82, 2.24) is 9.91 Å². The zero-order valence-electron chi connectivity index (χ0n) is 18.7. The van der Waals surface area contributed by atoms with E-state index in [0.29, 0.717) is 0 Å². The topological polar surface area (TPSA) is 28.1 Å². The molecule has 0 amide bonds. The largest absolute Gasteiger partial charge is 0.465 e. The maximum atomic E-state index is 6.87. The molecule has 170 valence electrons. The average molecular weight is 569 g/mol. The number of hydrogen-bond donors (Lipinski definition) is 0. The molecule has 4 nitrogen and oxygen atoms in total. The van der Waals surface area contributed by atoms with Gasteiger partial charge in [0, 0.05) is 42.4 Å².